The van der Waals surface area contributed by atoms with Crippen LogP contribution in [0, 0.1) is 17.9 Å². The zero-order valence-electron chi connectivity index (χ0n) is 19.6. The third-order valence-corrected chi connectivity index (χ3v) is 5.38. The molecule has 4 heteroatoms. The third-order valence-electron chi connectivity index (χ3n) is 5.38. The van der Waals surface area contributed by atoms with E-state index in [2.05, 4.69) is 87.5 Å². The van der Waals surface area contributed by atoms with Crippen LogP contribution in [0.4, 0.5) is 11.4 Å². The number of hydrogen-bond acceptors (Lipinski definition) is 3. The molecule has 0 bridgehead atoms. The molecule has 0 saturated carbocycles. The summed E-state index contributed by atoms with van der Waals surface area (Å²) in [5.41, 5.74) is 7.39. The molecule has 0 spiro atoms. The predicted octanol–water partition coefficient (Wildman–Crippen LogP) is 6.50. The lowest BCUT2D eigenvalue weighted by Crippen LogP contribution is -2.07. The van der Waals surface area contributed by atoms with Crippen LogP contribution >= 0.6 is 0 Å². The van der Waals surface area contributed by atoms with Gasteiger partial charge in [0, 0.05) is 39.6 Å². The fourth-order valence-corrected chi connectivity index (χ4v) is 3.46. The summed E-state index contributed by atoms with van der Waals surface area (Å²) in [6.45, 7) is 7.35. The average molecular weight is 433 g/mol. The first-order valence-corrected chi connectivity index (χ1v) is 10.7. The van der Waals surface area contributed by atoms with Crippen molar-refractivity contribution in [1.29, 1.82) is 5.26 Å². The van der Waals surface area contributed by atoms with Crippen molar-refractivity contribution in [2.24, 2.45) is 0 Å². The maximum Gasteiger partial charge on any atom is 0.268 e. The fourth-order valence-electron chi connectivity index (χ4n) is 3.46. The number of anilines is 2. The Morgan fingerprint density at radius 2 is 1.21 bits per heavy atom. The quantitative estimate of drug-likeness (QED) is 0.386. The first kappa shape index (κ1) is 23.4. The topological polar surface area (TPSA) is 34.6 Å². The molecule has 3 rings (SSSR count). The second-order valence-electron chi connectivity index (χ2n) is 8.28. The predicted molar refractivity (Wildman–Crippen MR) is 140 cm³/mol. The number of benzene rings is 2. The van der Waals surface area contributed by atoms with Gasteiger partial charge in [0.05, 0.1) is 12.6 Å². The molecular formula is C29H28N4. The largest absolute Gasteiger partial charge is 0.378 e. The highest BCUT2D eigenvalue weighted by molar-refractivity contribution is 5.63. The SMILES string of the molecule is [C-]#[N+]C(C#N)=C1C=C(/C=C/c2ccc(N(C)C)cc2)CC(/C=C/c2ccc(N(C)C)cc2)=C1. The minimum Gasteiger partial charge on any atom is -0.378 e. The first-order valence-electron chi connectivity index (χ1n) is 10.7. The Balaban J connectivity index is 1.84. The van der Waals surface area contributed by atoms with Gasteiger partial charge >= 0.3 is 0 Å². The van der Waals surface area contributed by atoms with Crippen molar-refractivity contribution in [2.75, 3.05) is 38.0 Å². The Morgan fingerprint density at radius 3 is 1.55 bits per heavy atom. The van der Waals surface area contributed by atoms with Crippen LogP contribution in [-0.4, -0.2) is 28.2 Å². The number of rotatable bonds is 6. The smallest absolute Gasteiger partial charge is 0.268 e. The van der Waals surface area contributed by atoms with Crippen LogP contribution in [0.1, 0.15) is 17.5 Å². The van der Waals surface area contributed by atoms with E-state index < -0.39 is 0 Å². The minimum atomic E-state index is 0.108. The molecule has 0 aliphatic heterocycles. The highest BCUT2D eigenvalue weighted by Crippen LogP contribution is 2.28. The van der Waals surface area contributed by atoms with Crippen LogP contribution in [-0.2, 0) is 0 Å². The Kier molecular flexibility index (Phi) is 7.68. The van der Waals surface area contributed by atoms with Crippen molar-refractivity contribution in [2.45, 2.75) is 6.42 Å². The van der Waals surface area contributed by atoms with Crippen molar-refractivity contribution >= 4 is 23.5 Å². The van der Waals surface area contributed by atoms with Crippen molar-refractivity contribution in [1.82, 2.24) is 0 Å². The second kappa shape index (κ2) is 10.8. The standard InChI is InChI=1S/C29H28N4/c1-31-29(21-30)26-19-24(8-6-22-10-14-27(15-11-22)32(2)3)18-25(20-26)9-7-23-12-16-28(17-13-23)33(4)5/h6-17,19-20H,18H2,2-5H3/b8-6+,9-7+. The zero-order valence-corrected chi connectivity index (χ0v) is 19.6. The molecule has 2 aromatic carbocycles. The van der Waals surface area contributed by atoms with Gasteiger partial charge in [0.1, 0.15) is 0 Å². The summed E-state index contributed by atoms with van der Waals surface area (Å²) < 4.78 is 0. The van der Waals surface area contributed by atoms with Gasteiger partial charge in [-0.1, -0.05) is 60.7 Å². The van der Waals surface area contributed by atoms with Crippen LogP contribution in [0.15, 0.2) is 95.3 Å². The summed E-state index contributed by atoms with van der Waals surface area (Å²) in [4.78, 5) is 7.55. The molecular weight excluding hydrogens is 404 g/mol. The summed E-state index contributed by atoms with van der Waals surface area (Å²) in [6, 6.07) is 18.7. The molecule has 0 amide bonds. The number of nitriles is 1. The monoisotopic (exact) mass is 432 g/mol. The van der Waals surface area contributed by atoms with Crippen LogP contribution in [0.25, 0.3) is 17.0 Å². The molecule has 0 saturated heterocycles. The van der Waals surface area contributed by atoms with Gasteiger partial charge in [0.2, 0.25) is 0 Å². The van der Waals surface area contributed by atoms with Crippen LogP contribution in [0.3, 0.4) is 0 Å². The Bertz CT molecular complexity index is 1130. The van der Waals surface area contributed by atoms with Gasteiger partial charge < -0.3 is 9.80 Å². The number of hydrogen-bond donors (Lipinski definition) is 0. The maximum absolute atomic E-state index is 9.38. The first-order chi connectivity index (χ1) is 15.9. The van der Waals surface area contributed by atoms with Gasteiger partial charge in [-0.05, 0) is 58.5 Å². The summed E-state index contributed by atoms with van der Waals surface area (Å²) in [7, 11) is 8.09. The lowest BCUT2D eigenvalue weighted by molar-refractivity contribution is 1.13. The summed E-state index contributed by atoms with van der Waals surface area (Å²) in [5.74, 6) is 0. The van der Waals surface area contributed by atoms with E-state index in [-0.39, 0.29) is 5.70 Å². The summed E-state index contributed by atoms with van der Waals surface area (Å²) in [6.07, 6.45) is 12.9. The van der Waals surface area contributed by atoms with E-state index in [9.17, 15) is 5.26 Å². The van der Waals surface area contributed by atoms with Crippen molar-refractivity contribution < 1.29 is 0 Å². The van der Waals surface area contributed by atoms with E-state index in [4.69, 9.17) is 6.57 Å². The van der Waals surface area contributed by atoms with Gasteiger partial charge in [0.25, 0.3) is 5.70 Å². The summed E-state index contributed by atoms with van der Waals surface area (Å²) in [5, 5.41) is 9.38. The second-order valence-corrected chi connectivity index (χ2v) is 8.28. The molecule has 0 aromatic heterocycles. The lowest BCUT2D eigenvalue weighted by Gasteiger charge is -2.14. The molecule has 0 radical (unpaired) electrons. The molecule has 1 aliphatic carbocycles. The molecule has 164 valence electrons. The van der Waals surface area contributed by atoms with Gasteiger partial charge in [-0.15, -0.1) is 0 Å². The molecule has 0 atom stereocenters. The average Bonchev–Trinajstić information content (AvgIpc) is 2.82. The van der Waals surface area contributed by atoms with Crippen molar-refractivity contribution in [3.05, 3.63) is 118 Å². The van der Waals surface area contributed by atoms with Gasteiger partial charge in [-0.2, -0.15) is 0 Å². The highest BCUT2D eigenvalue weighted by Gasteiger charge is 2.10. The molecule has 1 aliphatic rings. The molecule has 2 aromatic rings. The number of allylic oxidation sites excluding steroid dienone is 8. The van der Waals surface area contributed by atoms with Crippen LogP contribution < -0.4 is 9.80 Å². The van der Waals surface area contributed by atoms with E-state index in [0.29, 0.717) is 5.57 Å². The molecule has 0 fully saturated rings. The Labute approximate surface area is 197 Å². The lowest BCUT2D eigenvalue weighted by atomic mass is 9.92. The van der Waals surface area contributed by atoms with E-state index >= 15 is 0 Å². The van der Waals surface area contributed by atoms with E-state index in [0.717, 1.165) is 40.1 Å². The molecule has 33 heavy (non-hydrogen) atoms. The Morgan fingerprint density at radius 1 is 0.788 bits per heavy atom. The number of nitrogens with zero attached hydrogens (tertiary/aromatic N) is 4. The molecule has 0 N–H and O–H groups in total. The summed E-state index contributed by atoms with van der Waals surface area (Å²) >= 11 is 0. The Hall–Kier alpha value is -4.28. The molecule has 0 heterocycles. The van der Waals surface area contributed by atoms with Gasteiger partial charge in [0.15, 0.2) is 0 Å². The van der Waals surface area contributed by atoms with Crippen LogP contribution in [0.2, 0.25) is 0 Å². The molecule has 0 unspecified atom stereocenters. The maximum atomic E-state index is 9.38. The third kappa shape index (κ3) is 6.35. The highest BCUT2D eigenvalue weighted by atomic mass is 15.1. The fraction of sp³-hybridized carbons (Fsp3) is 0.172. The van der Waals surface area contributed by atoms with E-state index in [1.54, 1.807) is 0 Å². The zero-order chi connectivity index (χ0) is 23.8. The van der Waals surface area contributed by atoms with Crippen LogP contribution in [0.5, 0.6) is 0 Å². The minimum absolute atomic E-state index is 0.108. The van der Waals surface area contributed by atoms with Crippen molar-refractivity contribution in [3.8, 4) is 6.07 Å². The van der Waals surface area contributed by atoms with Gasteiger partial charge in [-0.25, -0.2) is 10.1 Å². The van der Waals surface area contributed by atoms with Crippen molar-refractivity contribution in [3.63, 3.8) is 0 Å². The van der Waals surface area contributed by atoms with E-state index in [1.807, 2.05) is 46.4 Å². The van der Waals surface area contributed by atoms with E-state index in [1.165, 1.54) is 0 Å². The van der Waals surface area contributed by atoms with Gasteiger partial charge in [-0.3, -0.25) is 0 Å². The molecule has 4 nitrogen and oxygen atoms in total. The normalized spacial score (nSPS) is 13.3.